The summed E-state index contributed by atoms with van der Waals surface area (Å²) < 4.78 is 0. The van der Waals surface area contributed by atoms with Crippen LogP contribution in [0.5, 0.6) is 0 Å². The van der Waals surface area contributed by atoms with Gasteiger partial charge in [-0.25, -0.2) is 15.0 Å². The third kappa shape index (κ3) is 6.74. The van der Waals surface area contributed by atoms with Crippen LogP contribution in [-0.4, -0.2) is 57.1 Å². The normalized spacial score (nSPS) is 16.4. The van der Waals surface area contributed by atoms with E-state index < -0.39 is 36.2 Å². The monoisotopic (exact) mass is 650 g/mol. The highest BCUT2D eigenvalue weighted by molar-refractivity contribution is 6.42. The highest BCUT2D eigenvalue weighted by Crippen LogP contribution is 2.38. The van der Waals surface area contributed by atoms with Gasteiger partial charge in [-0.3, -0.25) is 14.9 Å². The van der Waals surface area contributed by atoms with Crippen molar-refractivity contribution in [3.05, 3.63) is 92.4 Å². The molecule has 1 aliphatic rings. The average molecular weight is 652 g/mol. The summed E-state index contributed by atoms with van der Waals surface area (Å²) in [6, 6.07) is 15.9. The number of carbonyl (C=O) groups excluding carboxylic acids is 3. The van der Waals surface area contributed by atoms with E-state index in [1.165, 1.54) is 9.80 Å². The van der Waals surface area contributed by atoms with Crippen molar-refractivity contribution in [2.75, 3.05) is 16.8 Å². The molecule has 42 heavy (non-hydrogen) atoms. The number of nitrogens with one attached hydrogen (secondary N) is 2. The van der Waals surface area contributed by atoms with E-state index in [9.17, 15) is 19.6 Å². The van der Waals surface area contributed by atoms with Gasteiger partial charge >= 0.3 is 12.1 Å². The molecule has 3 aromatic carbocycles. The van der Waals surface area contributed by atoms with Crippen LogP contribution in [0.4, 0.5) is 21.0 Å². The number of urea groups is 2. The predicted octanol–water partition coefficient (Wildman–Crippen LogP) is 7.11. The summed E-state index contributed by atoms with van der Waals surface area (Å²) in [7, 11) is 0. The van der Waals surface area contributed by atoms with Gasteiger partial charge in [0.05, 0.1) is 21.3 Å². The number of amides is 5. The van der Waals surface area contributed by atoms with Gasteiger partial charge in [0.25, 0.3) is 5.91 Å². The first-order chi connectivity index (χ1) is 19.8. The van der Waals surface area contributed by atoms with Gasteiger partial charge < -0.3 is 10.2 Å². The topological polar surface area (TPSA) is 118 Å². The van der Waals surface area contributed by atoms with E-state index in [0.717, 1.165) is 0 Å². The van der Waals surface area contributed by atoms with Gasteiger partial charge in [-0.15, -0.1) is 0 Å². The first-order valence-corrected chi connectivity index (χ1v) is 14.0. The SMILES string of the molecule is C/C(=N/NC(=O)CN1C(=O)N(c2ccc(Cl)cc2)[C@H](N(O)C(=O)Nc2ccc(Cl)cc2)C1(C)C)c1ccc(Cl)c(Cl)c1. The molecule has 220 valence electrons. The van der Waals surface area contributed by atoms with Crippen LogP contribution in [0.3, 0.4) is 0 Å². The number of nitrogens with zero attached hydrogens (tertiary/aromatic N) is 4. The highest BCUT2D eigenvalue weighted by Gasteiger charge is 2.56. The molecule has 0 saturated carbocycles. The Labute approximate surface area is 262 Å². The first kappa shape index (κ1) is 31.4. The van der Waals surface area contributed by atoms with Crippen molar-refractivity contribution in [3.63, 3.8) is 0 Å². The van der Waals surface area contributed by atoms with Gasteiger partial charge in [0.1, 0.15) is 6.54 Å². The number of hydroxylamine groups is 2. The Morgan fingerprint density at radius 3 is 2.14 bits per heavy atom. The molecule has 1 saturated heterocycles. The molecule has 10 nitrogen and oxygen atoms in total. The van der Waals surface area contributed by atoms with Crippen LogP contribution in [0.25, 0.3) is 0 Å². The minimum atomic E-state index is -1.28. The molecule has 3 aromatic rings. The Morgan fingerprint density at radius 2 is 1.55 bits per heavy atom. The lowest BCUT2D eigenvalue weighted by Gasteiger charge is -2.38. The molecule has 4 rings (SSSR count). The lowest BCUT2D eigenvalue weighted by atomic mass is 9.99. The molecule has 5 amide bonds. The van der Waals surface area contributed by atoms with Crippen LogP contribution in [0.1, 0.15) is 26.3 Å². The van der Waals surface area contributed by atoms with Crippen LogP contribution in [-0.2, 0) is 4.79 Å². The number of hydrogen-bond acceptors (Lipinski definition) is 5. The minimum Gasteiger partial charge on any atom is -0.306 e. The van der Waals surface area contributed by atoms with Gasteiger partial charge in [-0.05, 0) is 87.0 Å². The summed E-state index contributed by atoms with van der Waals surface area (Å²) in [4.78, 5) is 42.4. The summed E-state index contributed by atoms with van der Waals surface area (Å²) in [6.45, 7) is 4.49. The Morgan fingerprint density at radius 1 is 0.952 bits per heavy atom. The second kappa shape index (κ2) is 12.8. The van der Waals surface area contributed by atoms with E-state index in [1.54, 1.807) is 87.5 Å². The fraction of sp³-hybridized carbons (Fsp3) is 0.214. The van der Waals surface area contributed by atoms with E-state index >= 15 is 0 Å². The lowest BCUT2D eigenvalue weighted by molar-refractivity contribution is -0.124. The van der Waals surface area contributed by atoms with E-state index in [1.807, 2.05) is 0 Å². The van der Waals surface area contributed by atoms with E-state index in [0.29, 0.717) is 47.8 Å². The molecule has 0 aliphatic carbocycles. The van der Waals surface area contributed by atoms with Crippen molar-refractivity contribution in [3.8, 4) is 0 Å². The van der Waals surface area contributed by atoms with Crippen LogP contribution < -0.4 is 15.6 Å². The van der Waals surface area contributed by atoms with Crippen LogP contribution >= 0.6 is 46.4 Å². The van der Waals surface area contributed by atoms with E-state index in [-0.39, 0.29) is 0 Å². The Hall–Kier alpha value is -3.54. The quantitative estimate of drug-likeness (QED) is 0.143. The number of halogens is 4. The zero-order valence-corrected chi connectivity index (χ0v) is 25.6. The average Bonchev–Trinajstić information content (AvgIpc) is 3.14. The fourth-order valence-corrected chi connectivity index (χ4v) is 4.96. The lowest BCUT2D eigenvalue weighted by Crippen LogP contribution is -2.58. The van der Waals surface area contributed by atoms with Crippen molar-refractivity contribution in [2.24, 2.45) is 5.10 Å². The molecule has 0 aromatic heterocycles. The van der Waals surface area contributed by atoms with Gasteiger partial charge in [-0.2, -0.15) is 10.2 Å². The Bertz CT molecular complexity index is 1530. The maximum absolute atomic E-state index is 13.8. The predicted molar refractivity (Wildman–Crippen MR) is 165 cm³/mol. The molecule has 1 atom stereocenters. The molecule has 0 unspecified atom stereocenters. The standard InChI is InChI=1S/C28H26Cl4N6O4/c1-16(17-4-13-22(31)23(32)14-17)34-35-24(39)15-36-27(41)37(21-11-7-19(30)8-12-21)25(28(36,2)3)38(42)26(40)33-20-9-5-18(29)6-10-20/h4-14,25,42H,15H2,1-3H3,(H,33,40)(H,35,39)/b34-16-/t25-/m1/s1. The zero-order valence-electron chi connectivity index (χ0n) is 22.6. The third-order valence-corrected chi connectivity index (χ3v) is 7.88. The van der Waals surface area contributed by atoms with Crippen molar-refractivity contribution >= 4 is 81.5 Å². The molecular formula is C28H26Cl4N6O4. The third-order valence-electron chi connectivity index (χ3n) is 6.64. The van der Waals surface area contributed by atoms with Gasteiger partial charge in [-0.1, -0.05) is 52.5 Å². The number of rotatable bonds is 7. The van der Waals surface area contributed by atoms with Crippen molar-refractivity contribution < 1.29 is 19.6 Å². The van der Waals surface area contributed by atoms with Crippen LogP contribution in [0.2, 0.25) is 20.1 Å². The molecule has 14 heteroatoms. The number of hydrogen-bond donors (Lipinski definition) is 3. The highest BCUT2D eigenvalue weighted by atomic mass is 35.5. The van der Waals surface area contributed by atoms with Crippen molar-refractivity contribution in [1.29, 1.82) is 0 Å². The number of hydrazone groups is 1. The smallest absolute Gasteiger partial charge is 0.306 e. The molecule has 1 aliphatic heterocycles. The molecule has 0 bridgehead atoms. The second-order valence-electron chi connectivity index (χ2n) is 9.89. The summed E-state index contributed by atoms with van der Waals surface area (Å²) in [5, 5.41) is 19.9. The number of carbonyl (C=O) groups is 3. The fourth-order valence-electron chi connectivity index (χ4n) is 4.41. The van der Waals surface area contributed by atoms with Crippen molar-refractivity contribution in [1.82, 2.24) is 15.4 Å². The van der Waals surface area contributed by atoms with E-state index in [2.05, 4.69) is 15.8 Å². The summed E-state index contributed by atoms with van der Waals surface area (Å²) in [5.41, 5.74) is 2.97. The van der Waals surface area contributed by atoms with Gasteiger partial charge in [0.2, 0.25) is 0 Å². The van der Waals surface area contributed by atoms with Gasteiger partial charge in [0.15, 0.2) is 6.17 Å². The molecule has 0 radical (unpaired) electrons. The second-order valence-corrected chi connectivity index (χ2v) is 11.6. The Kier molecular flexibility index (Phi) is 9.54. The van der Waals surface area contributed by atoms with Crippen LogP contribution in [0.15, 0.2) is 71.8 Å². The zero-order chi connectivity index (χ0) is 30.8. The molecular weight excluding hydrogens is 626 g/mol. The van der Waals surface area contributed by atoms with Crippen LogP contribution in [0, 0.1) is 0 Å². The summed E-state index contributed by atoms with van der Waals surface area (Å²) in [6.07, 6.45) is -1.26. The molecule has 3 N–H and O–H groups in total. The Balaban J connectivity index is 1.59. The maximum atomic E-state index is 13.8. The summed E-state index contributed by atoms with van der Waals surface area (Å²) in [5.74, 6) is -0.609. The maximum Gasteiger partial charge on any atom is 0.347 e. The first-order valence-electron chi connectivity index (χ1n) is 12.5. The minimum absolute atomic E-state index is 0.335. The molecule has 1 fully saturated rings. The van der Waals surface area contributed by atoms with Gasteiger partial charge in [0, 0.05) is 21.4 Å². The molecule has 0 spiro atoms. The number of anilines is 2. The molecule has 1 heterocycles. The largest absolute Gasteiger partial charge is 0.347 e. The summed E-state index contributed by atoms with van der Waals surface area (Å²) >= 11 is 24.0. The van der Waals surface area contributed by atoms with E-state index in [4.69, 9.17) is 46.4 Å². The number of benzene rings is 3. The van der Waals surface area contributed by atoms with Crippen molar-refractivity contribution in [2.45, 2.75) is 32.5 Å².